The maximum absolute atomic E-state index is 10.7. The predicted molar refractivity (Wildman–Crippen MR) is 81.2 cm³/mol. The highest BCUT2D eigenvalue weighted by Crippen LogP contribution is 2.26. The van der Waals surface area contributed by atoms with Crippen LogP contribution in [0.1, 0.15) is 27.7 Å². The minimum Gasteiger partial charge on any atom is -0.366 e. The third-order valence-electron chi connectivity index (χ3n) is 3.97. The Balaban J connectivity index is 2.09. The van der Waals surface area contributed by atoms with Gasteiger partial charge in [-0.1, -0.05) is 0 Å². The first-order valence-electron chi connectivity index (χ1n) is 7.05. The van der Waals surface area contributed by atoms with Crippen LogP contribution in [-0.2, 0) is 0 Å². The summed E-state index contributed by atoms with van der Waals surface area (Å²) in [6.45, 7) is 11.9. The lowest BCUT2D eigenvalue weighted by Gasteiger charge is -2.46. The summed E-state index contributed by atoms with van der Waals surface area (Å²) < 4.78 is 0. The molecular weight excluding hydrogens is 254 g/mol. The Labute approximate surface area is 120 Å². The Morgan fingerprint density at radius 2 is 1.80 bits per heavy atom. The third kappa shape index (κ3) is 3.10. The van der Waals surface area contributed by atoms with Gasteiger partial charge in [0, 0.05) is 49.0 Å². The van der Waals surface area contributed by atoms with Crippen molar-refractivity contribution >= 4 is 11.4 Å². The van der Waals surface area contributed by atoms with Gasteiger partial charge in [-0.25, -0.2) is 0 Å². The fraction of sp³-hybridized carbons (Fsp3) is 0.600. The van der Waals surface area contributed by atoms with Crippen molar-refractivity contribution in [3.8, 4) is 0 Å². The van der Waals surface area contributed by atoms with Gasteiger partial charge in [-0.3, -0.25) is 15.0 Å². The highest BCUT2D eigenvalue weighted by molar-refractivity contribution is 5.52. The molecule has 1 aromatic carbocycles. The van der Waals surface area contributed by atoms with Gasteiger partial charge in [0.25, 0.3) is 5.69 Å². The number of hydrogen-bond donors (Lipinski definition) is 0. The van der Waals surface area contributed by atoms with Crippen molar-refractivity contribution in [2.75, 3.05) is 24.5 Å². The zero-order valence-corrected chi connectivity index (χ0v) is 12.7. The summed E-state index contributed by atoms with van der Waals surface area (Å²) in [5.74, 6) is 0. The minimum absolute atomic E-state index is 0.148. The molecule has 20 heavy (non-hydrogen) atoms. The molecule has 0 amide bonds. The molecule has 0 N–H and O–H groups in total. The zero-order chi connectivity index (χ0) is 14.9. The molecule has 110 valence electrons. The number of rotatable bonds is 2. The molecular formula is C15H23N3O2. The number of nitro benzene ring substituents is 1. The Morgan fingerprint density at radius 3 is 2.25 bits per heavy atom. The van der Waals surface area contributed by atoms with E-state index in [1.54, 1.807) is 12.1 Å². The Hall–Kier alpha value is -1.62. The smallest absolute Gasteiger partial charge is 0.269 e. The van der Waals surface area contributed by atoms with Gasteiger partial charge >= 0.3 is 0 Å². The van der Waals surface area contributed by atoms with Crippen LogP contribution in [0.25, 0.3) is 0 Å². The van der Waals surface area contributed by atoms with Crippen molar-refractivity contribution in [2.45, 2.75) is 39.3 Å². The average Bonchev–Trinajstić information content (AvgIpc) is 2.37. The molecule has 1 fully saturated rings. The van der Waals surface area contributed by atoms with E-state index in [2.05, 4.69) is 37.5 Å². The van der Waals surface area contributed by atoms with E-state index in [0.717, 1.165) is 25.3 Å². The van der Waals surface area contributed by atoms with Crippen LogP contribution in [0, 0.1) is 10.1 Å². The summed E-state index contributed by atoms with van der Waals surface area (Å²) in [6.07, 6.45) is 0. The van der Waals surface area contributed by atoms with Crippen molar-refractivity contribution in [3.63, 3.8) is 0 Å². The molecule has 1 aromatic rings. The lowest BCUT2D eigenvalue weighted by atomic mass is 10.0. The van der Waals surface area contributed by atoms with E-state index in [1.165, 1.54) is 0 Å². The van der Waals surface area contributed by atoms with E-state index in [-0.39, 0.29) is 16.1 Å². The van der Waals surface area contributed by atoms with E-state index < -0.39 is 0 Å². The van der Waals surface area contributed by atoms with Gasteiger partial charge in [-0.05, 0) is 39.8 Å². The molecule has 0 radical (unpaired) electrons. The molecule has 2 rings (SSSR count). The molecule has 1 heterocycles. The molecule has 0 spiro atoms. The zero-order valence-electron chi connectivity index (χ0n) is 12.7. The van der Waals surface area contributed by atoms with Crippen LogP contribution in [0.3, 0.4) is 0 Å². The van der Waals surface area contributed by atoms with Crippen molar-refractivity contribution in [1.29, 1.82) is 0 Å². The van der Waals surface area contributed by atoms with E-state index in [4.69, 9.17) is 0 Å². The Bertz CT molecular complexity index is 479. The summed E-state index contributed by atoms with van der Waals surface area (Å²) in [4.78, 5) is 15.1. The van der Waals surface area contributed by atoms with Gasteiger partial charge in [0.2, 0.25) is 0 Å². The molecule has 1 saturated heterocycles. The third-order valence-corrected chi connectivity index (χ3v) is 3.97. The van der Waals surface area contributed by atoms with E-state index in [1.807, 2.05) is 12.1 Å². The first-order chi connectivity index (χ1) is 9.29. The van der Waals surface area contributed by atoms with E-state index in [0.29, 0.717) is 6.04 Å². The van der Waals surface area contributed by atoms with Gasteiger partial charge in [-0.15, -0.1) is 0 Å². The van der Waals surface area contributed by atoms with Gasteiger partial charge in [-0.2, -0.15) is 0 Å². The molecule has 0 bridgehead atoms. The van der Waals surface area contributed by atoms with E-state index >= 15 is 0 Å². The molecule has 1 aliphatic rings. The Kier molecular flexibility index (Phi) is 3.99. The SMILES string of the molecule is CC1CN(C(C)(C)C)CCN1c1ccc([N+](=O)[O-])cc1. The van der Waals surface area contributed by atoms with Gasteiger partial charge in [0.15, 0.2) is 0 Å². The molecule has 0 aromatic heterocycles. The van der Waals surface area contributed by atoms with Crippen LogP contribution in [0.5, 0.6) is 0 Å². The summed E-state index contributed by atoms with van der Waals surface area (Å²) in [6, 6.07) is 7.27. The first kappa shape index (κ1) is 14.8. The van der Waals surface area contributed by atoms with Crippen molar-refractivity contribution in [3.05, 3.63) is 34.4 Å². The molecule has 1 aliphatic heterocycles. The molecule has 5 heteroatoms. The topological polar surface area (TPSA) is 49.6 Å². The quantitative estimate of drug-likeness (QED) is 0.616. The van der Waals surface area contributed by atoms with Crippen LogP contribution >= 0.6 is 0 Å². The second-order valence-electron chi connectivity index (χ2n) is 6.43. The van der Waals surface area contributed by atoms with Crippen LogP contribution in [0.2, 0.25) is 0 Å². The average molecular weight is 277 g/mol. The minimum atomic E-state index is -0.356. The van der Waals surface area contributed by atoms with Gasteiger partial charge in [0.05, 0.1) is 4.92 Å². The number of anilines is 1. The van der Waals surface area contributed by atoms with Crippen LogP contribution < -0.4 is 4.90 Å². The van der Waals surface area contributed by atoms with Crippen molar-refractivity contribution in [2.24, 2.45) is 0 Å². The van der Waals surface area contributed by atoms with Crippen molar-refractivity contribution in [1.82, 2.24) is 4.90 Å². The highest BCUT2D eigenvalue weighted by Gasteiger charge is 2.30. The predicted octanol–water partition coefficient (Wildman–Crippen LogP) is 2.90. The monoisotopic (exact) mass is 277 g/mol. The molecule has 0 aliphatic carbocycles. The Morgan fingerprint density at radius 1 is 1.20 bits per heavy atom. The second kappa shape index (κ2) is 5.40. The maximum atomic E-state index is 10.7. The first-order valence-corrected chi connectivity index (χ1v) is 7.05. The molecule has 5 nitrogen and oxygen atoms in total. The molecule has 1 unspecified atom stereocenters. The van der Waals surface area contributed by atoms with E-state index in [9.17, 15) is 10.1 Å². The standard InChI is InChI=1S/C15H23N3O2/c1-12-11-16(15(2,3)4)9-10-17(12)13-5-7-14(8-6-13)18(19)20/h5-8,12H,9-11H2,1-4H3. The lowest BCUT2D eigenvalue weighted by molar-refractivity contribution is -0.384. The number of nitrogens with zero attached hydrogens (tertiary/aromatic N) is 3. The summed E-state index contributed by atoms with van der Waals surface area (Å²) in [5.41, 5.74) is 1.40. The summed E-state index contributed by atoms with van der Waals surface area (Å²) in [5, 5.41) is 10.7. The van der Waals surface area contributed by atoms with Gasteiger partial charge in [0.1, 0.15) is 0 Å². The number of nitro groups is 1. The van der Waals surface area contributed by atoms with Crippen LogP contribution in [-0.4, -0.2) is 41.0 Å². The van der Waals surface area contributed by atoms with Crippen LogP contribution in [0.4, 0.5) is 11.4 Å². The number of non-ortho nitro benzene ring substituents is 1. The summed E-state index contributed by atoms with van der Waals surface area (Å²) in [7, 11) is 0. The van der Waals surface area contributed by atoms with Crippen molar-refractivity contribution < 1.29 is 4.92 Å². The largest absolute Gasteiger partial charge is 0.366 e. The fourth-order valence-corrected chi connectivity index (χ4v) is 2.72. The highest BCUT2D eigenvalue weighted by atomic mass is 16.6. The maximum Gasteiger partial charge on any atom is 0.269 e. The summed E-state index contributed by atoms with van der Waals surface area (Å²) >= 11 is 0. The number of piperazine rings is 1. The number of benzene rings is 1. The number of hydrogen-bond acceptors (Lipinski definition) is 4. The molecule has 1 atom stereocenters. The van der Waals surface area contributed by atoms with Gasteiger partial charge < -0.3 is 4.90 Å². The lowest BCUT2D eigenvalue weighted by Crippen LogP contribution is -2.57. The normalized spacial score (nSPS) is 21.0. The second-order valence-corrected chi connectivity index (χ2v) is 6.43. The van der Waals surface area contributed by atoms with Crippen LogP contribution in [0.15, 0.2) is 24.3 Å². The molecule has 0 saturated carbocycles. The fourth-order valence-electron chi connectivity index (χ4n) is 2.72.